The number of carbonyl (C=O) groups excluding carboxylic acids is 1. The van der Waals surface area contributed by atoms with E-state index in [1.807, 2.05) is 10.8 Å². The second-order valence-electron chi connectivity index (χ2n) is 4.07. The van der Waals surface area contributed by atoms with Crippen LogP contribution < -0.4 is 5.32 Å². The van der Waals surface area contributed by atoms with Gasteiger partial charge in [0.25, 0.3) is 0 Å². The van der Waals surface area contributed by atoms with Crippen molar-refractivity contribution < 1.29 is 4.79 Å². The molecule has 0 spiro atoms. The van der Waals surface area contributed by atoms with Crippen LogP contribution in [0, 0.1) is 0 Å². The molecule has 0 aliphatic carbocycles. The smallest absolute Gasteiger partial charge is 0.243 e. The number of hydrogen-bond acceptors (Lipinski definition) is 3. The van der Waals surface area contributed by atoms with Gasteiger partial charge in [0.15, 0.2) is 5.82 Å². The van der Waals surface area contributed by atoms with E-state index in [0.29, 0.717) is 0 Å². The number of nitrogens with one attached hydrogen (secondary N) is 2. The first-order chi connectivity index (χ1) is 8.36. The van der Waals surface area contributed by atoms with Gasteiger partial charge in [-0.25, -0.2) is 9.97 Å². The van der Waals surface area contributed by atoms with Gasteiger partial charge >= 0.3 is 0 Å². The van der Waals surface area contributed by atoms with Crippen molar-refractivity contribution in [3.05, 3.63) is 24.9 Å². The summed E-state index contributed by atoms with van der Waals surface area (Å²) in [5.74, 6) is 0.819. The van der Waals surface area contributed by atoms with Crippen molar-refractivity contribution in [3.8, 4) is 11.5 Å². The van der Waals surface area contributed by atoms with Crippen LogP contribution in [-0.2, 0) is 4.79 Å². The Labute approximate surface area is 98.1 Å². The predicted molar refractivity (Wildman–Crippen MR) is 61.1 cm³/mol. The number of piperidine rings is 1. The fraction of sp³-hybridized carbons (Fsp3) is 0.364. The zero-order valence-corrected chi connectivity index (χ0v) is 9.26. The lowest BCUT2D eigenvalue weighted by Gasteiger charge is -2.24. The molecule has 1 atom stereocenters. The Morgan fingerprint density at radius 2 is 2.41 bits per heavy atom. The van der Waals surface area contributed by atoms with Crippen molar-refractivity contribution in [1.82, 2.24) is 24.8 Å². The second-order valence-corrected chi connectivity index (χ2v) is 4.07. The molecule has 1 fully saturated rings. The summed E-state index contributed by atoms with van der Waals surface area (Å²) in [5.41, 5.74) is 0.827. The largest absolute Gasteiger partial charge is 0.354 e. The Morgan fingerprint density at radius 3 is 3.18 bits per heavy atom. The normalized spacial score (nSPS) is 20.2. The van der Waals surface area contributed by atoms with Crippen molar-refractivity contribution in [2.45, 2.75) is 18.9 Å². The molecule has 0 bridgehead atoms. The molecule has 6 nitrogen and oxygen atoms in total. The number of hydrogen-bond donors (Lipinski definition) is 2. The molecule has 2 N–H and O–H groups in total. The van der Waals surface area contributed by atoms with Gasteiger partial charge in [0.2, 0.25) is 5.91 Å². The Bertz CT molecular complexity index is 516. The van der Waals surface area contributed by atoms with Gasteiger partial charge in [-0.2, -0.15) is 0 Å². The number of rotatable bonds is 2. The standard InChI is InChI=1S/C11H13N5O/c17-11-9(2-1-3-14-11)16-5-4-13-10(16)8-6-12-7-15-8/h4-7,9H,1-3H2,(H,12,15)(H,14,17). The minimum absolute atomic E-state index is 0.0648. The molecule has 1 unspecified atom stereocenters. The van der Waals surface area contributed by atoms with Gasteiger partial charge in [-0.15, -0.1) is 0 Å². The molecule has 1 aliphatic rings. The molecular weight excluding hydrogens is 218 g/mol. The number of carbonyl (C=O) groups is 1. The number of imidazole rings is 2. The molecule has 0 saturated carbocycles. The quantitative estimate of drug-likeness (QED) is 0.799. The highest BCUT2D eigenvalue weighted by atomic mass is 16.2. The summed E-state index contributed by atoms with van der Waals surface area (Å²) in [6.45, 7) is 0.767. The Hall–Kier alpha value is -2.11. The molecule has 0 aromatic carbocycles. The highest BCUT2D eigenvalue weighted by Gasteiger charge is 2.25. The summed E-state index contributed by atoms with van der Waals surface area (Å²) in [5, 5.41) is 2.88. The molecule has 3 heterocycles. The Kier molecular flexibility index (Phi) is 2.40. The van der Waals surface area contributed by atoms with E-state index < -0.39 is 0 Å². The molecule has 6 heteroatoms. The van der Waals surface area contributed by atoms with Crippen LogP contribution in [0.2, 0.25) is 0 Å². The lowest BCUT2D eigenvalue weighted by Crippen LogP contribution is -2.37. The van der Waals surface area contributed by atoms with Gasteiger partial charge < -0.3 is 14.9 Å². The van der Waals surface area contributed by atoms with Crippen molar-refractivity contribution in [2.24, 2.45) is 0 Å². The van der Waals surface area contributed by atoms with Crippen LogP contribution in [0.4, 0.5) is 0 Å². The van der Waals surface area contributed by atoms with E-state index in [-0.39, 0.29) is 11.9 Å². The van der Waals surface area contributed by atoms with Crippen LogP contribution in [-0.4, -0.2) is 32.0 Å². The molecule has 1 aliphatic heterocycles. The average molecular weight is 231 g/mol. The highest BCUT2D eigenvalue weighted by Crippen LogP contribution is 2.23. The van der Waals surface area contributed by atoms with Crippen LogP contribution in [0.25, 0.3) is 11.5 Å². The third-order valence-corrected chi connectivity index (χ3v) is 3.00. The maximum Gasteiger partial charge on any atom is 0.243 e. The van der Waals surface area contributed by atoms with Crippen LogP contribution in [0.1, 0.15) is 18.9 Å². The first-order valence-corrected chi connectivity index (χ1v) is 5.65. The first-order valence-electron chi connectivity index (χ1n) is 5.65. The third-order valence-electron chi connectivity index (χ3n) is 3.00. The molecular formula is C11H13N5O. The molecule has 3 rings (SSSR count). The summed E-state index contributed by atoms with van der Waals surface area (Å²) >= 11 is 0. The van der Waals surface area contributed by atoms with E-state index in [1.165, 1.54) is 0 Å². The van der Waals surface area contributed by atoms with Gasteiger partial charge in [0.1, 0.15) is 11.7 Å². The van der Waals surface area contributed by atoms with E-state index in [9.17, 15) is 4.79 Å². The number of nitrogens with zero attached hydrogens (tertiary/aromatic N) is 3. The van der Waals surface area contributed by atoms with Crippen molar-refractivity contribution >= 4 is 5.91 Å². The molecule has 1 amide bonds. The van der Waals surface area contributed by atoms with E-state index in [4.69, 9.17) is 0 Å². The zero-order chi connectivity index (χ0) is 11.7. The number of aromatic amines is 1. The van der Waals surface area contributed by atoms with E-state index in [0.717, 1.165) is 30.9 Å². The third kappa shape index (κ3) is 1.71. The maximum atomic E-state index is 11.8. The minimum Gasteiger partial charge on any atom is -0.354 e. The number of amides is 1. The van der Waals surface area contributed by atoms with E-state index >= 15 is 0 Å². The maximum absolute atomic E-state index is 11.8. The summed E-state index contributed by atoms with van der Waals surface area (Å²) in [6.07, 6.45) is 8.71. The lowest BCUT2D eigenvalue weighted by molar-refractivity contribution is -0.125. The Morgan fingerprint density at radius 1 is 1.47 bits per heavy atom. The molecule has 0 radical (unpaired) electrons. The molecule has 88 valence electrons. The fourth-order valence-electron chi connectivity index (χ4n) is 2.17. The Balaban J connectivity index is 1.98. The SMILES string of the molecule is O=C1NCCCC1n1ccnc1-c1cnc[nH]1. The van der Waals surface area contributed by atoms with Crippen LogP contribution >= 0.6 is 0 Å². The van der Waals surface area contributed by atoms with Gasteiger partial charge in [-0.1, -0.05) is 0 Å². The minimum atomic E-state index is -0.162. The lowest BCUT2D eigenvalue weighted by atomic mass is 10.1. The van der Waals surface area contributed by atoms with Gasteiger partial charge in [-0.3, -0.25) is 4.79 Å². The number of H-pyrrole nitrogens is 1. The average Bonchev–Trinajstić information content (AvgIpc) is 3.00. The summed E-state index contributed by atoms with van der Waals surface area (Å²) in [7, 11) is 0. The van der Waals surface area contributed by atoms with E-state index in [2.05, 4.69) is 20.3 Å². The summed E-state index contributed by atoms with van der Waals surface area (Å²) in [4.78, 5) is 23.1. The number of aromatic nitrogens is 4. The zero-order valence-electron chi connectivity index (χ0n) is 9.26. The topological polar surface area (TPSA) is 75.6 Å². The molecule has 17 heavy (non-hydrogen) atoms. The van der Waals surface area contributed by atoms with Gasteiger partial charge in [0.05, 0.1) is 12.5 Å². The molecule has 2 aromatic rings. The first kappa shape index (κ1) is 10.1. The van der Waals surface area contributed by atoms with E-state index in [1.54, 1.807) is 18.7 Å². The highest BCUT2D eigenvalue weighted by molar-refractivity contribution is 5.81. The molecule has 1 saturated heterocycles. The summed E-state index contributed by atoms with van der Waals surface area (Å²) < 4.78 is 1.90. The van der Waals surface area contributed by atoms with Crippen LogP contribution in [0.5, 0.6) is 0 Å². The molecule has 2 aromatic heterocycles. The second kappa shape index (κ2) is 4.04. The van der Waals surface area contributed by atoms with Gasteiger partial charge in [0, 0.05) is 18.9 Å². The van der Waals surface area contributed by atoms with Crippen molar-refractivity contribution in [1.29, 1.82) is 0 Å². The monoisotopic (exact) mass is 231 g/mol. The van der Waals surface area contributed by atoms with Crippen molar-refractivity contribution in [2.75, 3.05) is 6.54 Å². The van der Waals surface area contributed by atoms with Crippen molar-refractivity contribution in [3.63, 3.8) is 0 Å². The summed E-state index contributed by atoms with van der Waals surface area (Å²) in [6, 6.07) is -0.162. The van der Waals surface area contributed by atoms with Crippen LogP contribution in [0.15, 0.2) is 24.9 Å². The van der Waals surface area contributed by atoms with Crippen LogP contribution in [0.3, 0.4) is 0 Å². The van der Waals surface area contributed by atoms with Gasteiger partial charge in [-0.05, 0) is 12.8 Å². The predicted octanol–water partition coefficient (Wildman–Crippen LogP) is 0.724. The fourth-order valence-corrected chi connectivity index (χ4v) is 2.17.